The fourth-order valence-electron chi connectivity index (χ4n) is 3.35. The van der Waals surface area contributed by atoms with Crippen LogP contribution in [-0.2, 0) is 4.74 Å². The molecule has 0 radical (unpaired) electrons. The van der Waals surface area contributed by atoms with Gasteiger partial charge in [0.1, 0.15) is 17.1 Å². The fraction of sp³-hybridized carbons (Fsp3) is 0.450. The third kappa shape index (κ3) is 4.49. The van der Waals surface area contributed by atoms with Gasteiger partial charge in [-0.2, -0.15) is 0 Å². The standard InChI is InChI=1S/C20H24FN3O3S/c1-12-23-16(17(28-12)13-4-6-14(21)7-5-13)18(25)24-11-9-15(24)8-10-20(2,3)27-19(22)26/h4-7,15H,8-11H2,1-3H3,(H2,22,26). The van der Waals surface area contributed by atoms with E-state index in [1.54, 1.807) is 26.0 Å². The minimum absolute atomic E-state index is 0.0753. The van der Waals surface area contributed by atoms with Gasteiger partial charge in [0, 0.05) is 12.6 Å². The van der Waals surface area contributed by atoms with Gasteiger partial charge in [0.05, 0.1) is 9.88 Å². The van der Waals surface area contributed by atoms with Crippen molar-refractivity contribution in [2.24, 2.45) is 5.73 Å². The van der Waals surface area contributed by atoms with Crippen LogP contribution in [-0.4, -0.2) is 40.1 Å². The lowest BCUT2D eigenvalue weighted by atomic mass is 9.91. The van der Waals surface area contributed by atoms with Crippen molar-refractivity contribution in [3.8, 4) is 10.4 Å². The quantitative estimate of drug-likeness (QED) is 0.783. The highest BCUT2D eigenvalue weighted by molar-refractivity contribution is 7.15. The predicted octanol–water partition coefficient (Wildman–Crippen LogP) is 4.13. The summed E-state index contributed by atoms with van der Waals surface area (Å²) in [7, 11) is 0. The molecule has 2 amide bonds. The van der Waals surface area contributed by atoms with E-state index in [0.717, 1.165) is 21.9 Å². The number of nitrogens with zero attached hydrogens (tertiary/aromatic N) is 2. The number of primary amides is 1. The summed E-state index contributed by atoms with van der Waals surface area (Å²) in [6.45, 7) is 6.13. The number of thiazole rings is 1. The number of likely N-dealkylation sites (tertiary alicyclic amines) is 1. The molecule has 1 saturated heterocycles. The van der Waals surface area contributed by atoms with E-state index in [0.29, 0.717) is 25.1 Å². The first-order valence-corrected chi connectivity index (χ1v) is 10.0. The molecule has 6 nitrogen and oxygen atoms in total. The summed E-state index contributed by atoms with van der Waals surface area (Å²) in [5.41, 5.74) is 5.63. The summed E-state index contributed by atoms with van der Waals surface area (Å²) in [6.07, 6.45) is 1.41. The molecule has 2 aromatic rings. The average Bonchev–Trinajstić information content (AvgIpc) is 2.95. The number of ether oxygens (including phenoxy) is 1. The maximum Gasteiger partial charge on any atom is 0.405 e. The van der Waals surface area contributed by atoms with Gasteiger partial charge in [-0.05, 0) is 57.7 Å². The van der Waals surface area contributed by atoms with Gasteiger partial charge in [0.15, 0.2) is 0 Å². The number of benzene rings is 1. The molecule has 1 fully saturated rings. The molecule has 1 atom stereocenters. The van der Waals surface area contributed by atoms with Crippen molar-refractivity contribution in [3.63, 3.8) is 0 Å². The molecule has 1 aliphatic rings. The minimum atomic E-state index is -0.798. The molecule has 3 rings (SSSR count). The Morgan fingerprint density at radius 2 is 2.04 bits per heavy atom. The zero-order valence-corrected chi connectivity index (χ0v) is 17.0. The molecule has 0 saturated carbocycles. The van der Waals surface area contributed by atoms with Crippen molar-refractivity contribution in [2.45, 2.75) is 51.7 Å². The Hall–Kier alpha value is -2.48. The van der Waals surface area contributed by atoms with Gasteiger partial charge in [-0.3, -0.25) is 4.79 Å². The Labute approximate surface area is 167 Å². The van der Waals surface area contributed by atoms with E-state index in [1.807, 2.05) is 11.8 Å². The number of carbonyl (C=O) groups excluding carboxylic acids is 2. The van der Waals surface area contributed by atoms with Crippen LogP contribution in [0.15, 0.2) is 24.3 Å². The molecule has 1 aromatic heterocycles. The van der Waals surface area contributed by atoms with Crippen molar-refractivity contribution in [2.75, 3.05) is 6.54 Å². The Morgan fingerprint density at radius 3 is 2.61 bits per heavy atom. The predicted molar refractivity (Wildman–Crippen MR) is 106 cm³/mol. The van der Waals surface area contributed by atoms with E-state index in [-0.39, 0.29) is 17.8 Å². The largest absolute Gasteiger partial charge is 0.444 e. The van der Waals surface area contributed by atoms with Crippen molar-refractivity contribution < 1.29 is 18.7 Å². The van der Waals surface area contributed by atoms with Gasteiger partial charge >= 0.3 is 6.09 Å². The Bertz CT molecular complexity index is 879. The fourth-order valence-corrected chi connectivity index (χ4v) is 4.27. The highest BCUT2D eigenvalue weighted by Gasteiger charge is 2.36. The molecular weight excluding hydrogens is 381 g/mol. The van der Waals surface area contributed by atoms with Crippen LogP contribution in [0.1, 0.15) is 48.6 Å². The molecule has 1 aliphatic heterocycles. The lowest BCUT2D eigenvalue weighted by molar-refractivity contribution is 0.0154. The number of hydrogen-bond donors (Lipinski definition) is 1. The van der Waals surface area contributed by atoms with Crippen molar-refractivity contribution >= 4 is 23.3 Å². The van der Waals surface area contributed by atoms with Crippen LogP contribution < -0.4 is 5.73 Å². The number of nitrogens with two attached hydrogens (primary N) is 1. The summed E-state index contributed by atoms with van der Waals surface area (Å²) in [5, 5.41) is 0.788. The van der Waals surface area contributed by atoms with E-state index >= 15 is 0 Å². The second-order valence-corrected chi connectivity index (χ2v) is 8.78. The molecular formula is C20H24FN3O3S. The first-order valence-electron chi connectivity index (χ1n) is 9.19. The molecule has 0 bridgehead atoms. The summed E-state index contributed by atoms with van der Waals surface area (Å²) in [4.78, 5) is 31.1. The Kier molecular flexibility index (Phi) is 5.69. The van der Waals surface area contributed by atoms with E-state index in [1.165, 1.54) is 23.5 Å². The lowest BCUT2D eigenvalue weighted by Gasteiger charge is -2.42. The van der Waals surface area contributed by atoms with Crippen LogP contribution in [0.4, 0.5) is 9.18 Å². The summed E-state index contributed by atoms with van der Waals surface area (Å²) in [5.74, 6) is -0.435. The number of halogens is 1. The normalized spacial score (nSPS) is 16.6. The number of hydrogen-bond acceptors (Lipinski definition) is 5. The van der Waals surface area contributed by atoms with Crippen LogP contribution in [0.25, 0.3) is 10.4 Å². The summed E-state index contributed by atoms with van der Waals surface area (Å²) >= 11 is 1.43. The molecule has 2 N–H and O–H groups in total. The smallest absolute Gasteiger partial charge is 0.405 e. The first-order chi connectivity index (χ1) is 13.2. The number of rotatable bonds is 6. The van der Waals surface area contributed by atoms with E-state index in [4.69, 9.17) is 10.5 Å². The van der Waals surface area contributed by atoms with Crippen LogP contribution in [0.2, 0.25) is 0 Å². The topological polar surface area (TPSA) is 85.5 Å². The summed E-state index contributed by atoms with van der Waals surface area (Å²) < 4.78 is 18.4. The van der Waals surface area contributed by atoms with E-state index in [9.17, 15) is 14.0 Å². The zero-order chi connectivity index (χ0) is 20.5. The first kappa shape index (κ1) is 20.3. The van der Waals surface area contributed by atoms with Gasteiger partial charge in [0.2, 0.25) is 0 Å². The number of amides is 2. The number of carbonyl (C=O) groups is 2. The number of aromatic nitrogens is 1. The molecule has 2 heterocycles. The molecule has 150 valence electrons. The van der Waals surface area contributed by atoms with Crippen molar-refractivity contribution in [1.82, 2.24) is 9.88 Å². The molecule has 0 spiro atoms. The molecule has 8 heteroatoms. The maximum atomic E-state index is 13.2. The third-order valence-corrected chi connectivity index (χ3v) is 5.92. The van der Waals surface area contributed by atoms with E-state index in [2.05, 4.69) is 4.98 Å². The lowest BCUT2D eigenvalue weighted by Crippen LogP contribution is -2.52. The zero-order valence-electron chi connectivity index (χ0n) is 16.2. The molecule has 1 unspecified atom stereocenters. The van der Waals surface area contributed by atoms with Crippen LogP contribution >= 0.6 is 11.3 Å². The summed E-state index contributed by atoms with van der Waals surface area (Å²) in [6, 6.07) is 6.16. The van der Waals surface area contributed by atoms with Gasteiger partial charge in [-0.1, -0.05) is 12.1 Å². The third-order valence-electron chi connectivity index (χ3n) is 4.90. The highest BCUT2D eigenvalue weighted by atomic mass is 32.1. The second-order valence-electron chi connectivity index (χ2n) is 7.58. The molecule has 28 heavy (non-hydrogen) atoms. The van der Waals surface area contributed by atoms with Crippen molar-refractivity contribution in [3.05, 3.63) is 40.8 Å². The Morgan fingerprint density at radius 1 is 1.36 bits per heavy atom. The van der Waals surface area contributed by atoms with Crippen molar-refractivity contribution in [1.29, 1.82) is 0 Å². The van der Waals surface area contributed by atoms with E-state index < -0.39 is 11.7 Å². The van der Waals surface area contributed by atoms with Crippen LogP contribution in [0, 0.1) is 12.7 Å². The monoisotopic (exact) mass is 405 g/mol. The SMILES string of the molecule is Cc1nc(C(=O)N2CCC2CCC(C)(C)OC(N)=O)c(-c2ccc(F)cc2)s1. The van der Waals surface area contributed by atoms with Crippen LogP contribution in [0.3, 0.4) is 0 Å². The van der Waals surface area contributed by atoms with Gasteiger partial charge in [-0.25, -0.2) is 14.2 Å². The maximum absolute atomic E-state index is 13.2. The van der Waals surface area contributed by atoms with Gasteiger partial charge in [0.25, 0.3) is 5.91 Å². The average molecular weight is 405 g/mol. The highest BCUT2D eigenvalue weighted by Crippen LogP contribution is 2.34. The number of aryl methyl sites for hydroxylation is 1. The van der Waals surface area contributed by atoms with Crippen LogP contribution in [0.5, 0.6) is 0 Å². The van der Waals surface area contributed by atoms with Gasteiger partial charge in [-0.15, -0.1) is 11.3 Å². The second kappa shape index (κ2) is 7.87. The molecule has 1 aromatic carbocycles. The van der Waals surface area contributed by atoms with Gasteiger partial charge < -0.3 is 15.4 Å². The minimum Gasteiger partial charge on any atom is -0.444 e. The Balaban J connectivity index is 1.72. The molecule has 0 aliphatic carbocycles.